The predicted molar refractivity (Wildman–Crippen MR) is 54.0 cm³/mol. The number of carbonyl (C=O) groups is 1. The number of carbonyl (C=O) groups excluding carboxylic acids is 1. The van der Waals surface area contributed by atoms with Crippen molar-refractivity contribution in [3.63, 3.8) is 0 Å². The molecule has 78 valence electrons. The van der Waals surface area contributed by atoms with Crippen molar-refractivity contribution in [3.05, 3.63) is 23.8 Å². The molecule has 0 aromatic heterocycles. The number of ether oxygens (including phenoxy) is 2. The van der Waals surface area contributed by atoms with Crippen LogP contribution < -0.4 is 14.9 Å². The molecule has 1 aliphatic heterocycles. The average Bonchev–Trinajstić information content (AvgIpc) is 2.64. The first-order valence-electron chi connectivity index (χ1n) is 4.45. The number of amides is 1. The van der Waals surface area contributed by atoms with Crippen molar-refractivity contribution in [2.24, 2.45) is 5.10 Å². The molecule has 0 radical (unpaired) electrons. The van der Waals surface area contributed by atoms with Crippen LogP contribution in [0.4, 0.5) is 0 Å². The molecule has 0 spiro atoms. The highest BCUT2D eigenvalue weighted by molar-refractivity contribution is 5.82. The molecule has 2 rings (SSSR count). The van der Waals surface area contributed by atoms with E-state index in [1.807, 2.05) is 6.07 Å². The largest absolute Gasteiger partial charge is 0.454 e. The molecule has 0 fully saturated rings. The van der Waals surface area contributed by atoms with Crippen molar-refractivity contribution in [3.8, 4) is 11.5 Å². The third-order valence-corrected chi connectivity index (χ3v) is 1.83. The maximum atomic E-state index is 10.6. The Bertz CT molecular complexity index is 415. The second-order valence-electron chi connectivity index (χ2n) is 3.04. The van der Waals surface area contributed by atoms with E-state index in [1.165, 1.54) is 6.92 Å². The molecule has 1 amide bonds. The molecule has 0 saturated carbocycles. The molecule has 0 bridgehead atoms. The van der Waals surface area contributed by atoms with Crippen LogP contribution in [0.3, 0.4) is 0 Å². The number of nitrogens with zero attached hydrogens (tertiary/aromatic N) is 1. The minimum atomic E-state index is -0.202. The average molecular weight is 206 g/mol. The van der Waals surface area contributed by atoms with Gasteiger partial charge >= 0.3 is 0 Å². The summed E-state index contributed by atoms with van der Waals surface area (Å²) in [4.78, 5) is 10.6. The molecule has 0 aliphatic carbocycles. The molecule has 0 atom stereocenters. The first-order valence-corrected chi connectivity index (χ1v) is 4.45. The number of nitrogens with one attached hydrogen (secondary N) is 1. The van der Waals surface area contributed by atoms with E-state index in [1.54, 1.807) is 18.3 Å². The molecule has 0 saturated heterocycles. The van der Waals surface area contributed by atoms with E-state index in [2.05, 4.69) is 10.5 Å². The van der Waals surface area contributed by atoms with Crippen LogP contribution in [0.15, 0.2) is 23.3 Å². The highest BCUT2D eigenvalue weighted by atomic mass is 16.7. The Morgan fingerprint density at radius 2 is 2.27 bits per heavy atom. The Balaban J connectivity index is 2.10. The van der Waals surface area contributed by atoms with Crippen LogP contribution in [0, 0.1) is 0 Å². The van der Waals surface area contributed by atoms with Gasteiger partial charge in [0.15, 0.2) is 11.5 Å². The number of fused-ring (bicyclic) bond motifs is 1. The molecule has 5 heteroatoms. The predicted octanol–water partition coefficient (Wildman–Crippen LogP) is 0.885. The highest BCUT2D eigenvalue weighted by Crippen LogP contribution is 2.31. The van der Waals surface area contributed by atoms with Gasteiger partial charge < -0.3 is 9.47 Å². The molecule has 1 aromatic rings. The second-order valence-corrected chi connectivity index (χ2v) is 3.04. The van der Waals surface area contributed by atoms with Gasteiger partial charge in [-0.1, -0.05) is 0 Å². The van der Waals surface area contributed by atoms with Gasteiger partial charge in [0, 0.05) is 6.92 Å². The highest BCUT2D eigenvalue weighted by Gasteiger charge is 2.12. The Morgan fingerprint density at radius 3 is 3.07 bits per heavy atom. The zero-order valence-corrected chi connectivity index (χ0v) is 8.19. The summed E-state index contributed by atoms with van der Waals surface area (Å²) in [5.41, 5.74) is 3.16. The molecule has 1 N–H and O–H groups in total. The monoisotopic (exact) mass is 206 g/mol. The SMILES string of the molecule is CC(=O)N/N=C/c1ccc2c(c1)OCO2. The van der Waals surface area contributed by atoms with Crippen molar-refractivity contribution in [2.45, 2.75) is 6.92 Å². The Labute approximate surface area is 86.7 Å². The summed E-state index contributed by atoms with van der Waals surface area (Å²) in [7, 11) is 0. The molecular formula is C10H10N2O3. The molecule has 1 aromatic carbocycles. The van der Waals surface area contributed by atoms with Crippen LogP contribution in [0.2, 0.25) is 0 Å². The van der Waals surface area contributed by atoms with E-state index in [-0.39, 0.29) is 12.7 Å². The van der Waals surface area contributed by atoms with Gasteiger partial charge in [0.25, 0.3) is 0 Å². The first kappa shape index (κ1) is 9.51. The van der Waals surface area contributed by atoms with Gasteiger partial charge in [0.1, 0.15) is 0 Å². The maximum Gasteiger partial charge on any atom is 0.236 e. The summed E-state index contributed by atoms with van der Waals surface area (Å²) >= 11 is 0. The lowest BCUT2D eigenvalue weighted by Gasteiger charge is -1.97. The smallest absolute Gasteiger partial charge is 0.236 e. The third-order valence-electron chi connectivity index (χ3n) is 1.83. The number of hydrogen-bond acceptors (Lipinski definition) is 4. The van der Waals surface area contributed by atoms with E-state index in [4.69, 9.17) is 9.47 Å². The van der Waals surface area contributed by atoms with Crippen molar-refractivity contribution in [1.82, 2.24) is 5.43 Å². The second kappa shape index (κ2) is 4.00. The third kappa shape index (κ3) is 2.25. The van der Waals surface area contributed by atoms with Crippen molar-refractivity contribution < 1.29 is 14.3 Å². The number of hydrogen-bond donors (Lipinski definition) is 1. The number of hydrazone groups is 1. The van der Waals surface area contributed by atoms with E-state index < -0.39 is 0 Å². The zero-order chi connectivity index (χ0) is 10.7. The number of benzene rings is 1. The van der Waals surface area contributed by atoms with Gasteiger partial charge in [-0.15, -0.1) is 0 Å². The molecule has 1 aliphatic rings. The van der Waals surface area contributed by atoms with Crippen molar-refractivity contribution in [2.75, 3.05) is 6.79 Å². The van der Waals surface area contributed by atoms with Crippen molar-refractivity contribution >= 4 is 12.1 Å². The minimum Gasteiger partial charge on any atom is -0.454 e. The van der Waals surface area contributed by atoms with Crippen LogP contribution in [0.1, 0.15) is 12.5 Å². The fraction of sp³-hybridized carbons (Fsp3) is 0.200. The van der Waals surface area contributed by atoms with Crippen LogP contribution >= 0.6 is 0 Å². The summed E-state index contributed by atoms with van der Waals surface area (Å²) in [5.74, 6) is 1.22. The summed E-state index contributed by atoms with van der Waals surface area (Å²) < 4.78 is 10.4. The topological polar surface area (TPSA) is 59.9 Å². The van der Waals surface area contributed by atoms with Gasteiger partial charge in [-0.2, -0.15) is 5.10 Å². The van der Waals surface area contributed by atoms with E-state index in [0.717, 1.165) is 11.3 Å². The van der Waals surface area contributed by atoms with E-state index in [9.17, 15) is 4.79 Å². The van der Waals surface area contributed by atoms with Crippen LogP contribution in [-0.4, -0.2) is 18.9 Å². The molecule has 1 heterocycles. The summed E-state index contributed by atoms with van der Waals surface area (Å²) in [5, 5.41) is 3.75. The summed E-state index contributed by atoms with van der Waals surface area (Å²) in [6, 6.07) is 5.43. The molecular weight excluding hydrogens is 196 g/mol. The first-order chi connectivity index (χ1) is 7.25. The standard InChI is InChI=1S/C10H10N2O3/c1-7(13)12-11-5-8-2-3-9-10(4-8)15-6-14-9/h2-5H,6H2,1H3,(H,12,13)/b11-5+. The van der Waals surface area contributed by atoms with Gasteiger partial charge in [-0.05, 0) is 23.8 Å². The van der Waals surface area contributed by atoms with Crippen molar-refractivity contribution in [1.29, 1.82) is 0 Å². The van der Waals surface area contributed by atoms with Gasteiger partial charge in [0.2, 0.25) is 12.7 Å². The lowest BCUT2D eigenvalue weighted by atomic mass is 10.2. The normalized spacial score (nSPS) is 13.1. The fourth-order valence-corrected chi connectivity index (χ4v) is 1.19. The zero-order valence-electron chi connectivity index (χ0n) is 8.19. The van der Waals surface area contributed by atoms with Gasteiger partial charge in [0.05, 0.1) is 6.21 Å². The molecule has 5 nitrogen and oxygen atoms in total. The Hall–Kier alpha value is -2.04. The Kier molecular flexibility index (Phi) is 2.53. The summed E-state index contributed by atoms with van der Waals surface area (Å²) in [6.07, 6.45) is 1.54. The van der Waals surface area contributed by atoms with E-state index >= 15 is 0 Å². The fourth-order valence-electron chi connectivity index (χ4n) is 1.19. The van der Waals surface area contributed by atoms with Crippen LogP contribution in [0.5, 0.6) is 11.5 Å². The van der Waals surface area contributed by atoms with Crippen LogP contribution in [-0.2, 0) is 4.79 Å². The molecule has 15 heavy (non-hydrogen) atoms. The summed E-state index contributed by atoms with van der Waals surface area (Å²) in [6.45, 7) is 1.65. The Morgan fingerprint density at radius 1 is 1.47 bits per heavy atom. The molecule has 0 unspecified atom stereocenters. The quantitative estimate of drug-likeness (QED) is 0.577. The van der Waals surface area contributed by atoms with Crippen LogP contribution in [0.25, 0.3) is 0 Å². The maximum absolute atomic E-state index is 10.6. The van der Waals surface area contributed by atoms with Gasteiger partial charge in [-0.25, -0.2) is 5.43 Å². The lowest BCUT2D eigenvalue weighted by Crippen LogP contribution is -2.12. The van der Waals surface area contributed by atoms with E-state index in [0.29, 0.717) is 5.75 Å². The lowest BCUT2D eigenvalue weighted by molar-refractivity contribution is -0.118. The number of rotatable bonds is 2. The minimum absolute atomic E-state index is 0.202. The van der Waals surface area contributed by atoms with Gasteiger partial charge in [-0.3, -0.25) is 4.79 Å².